The molecule has 1 aromatic carbocycles. The highest BCUT2D eigenvalue weighted by molar-refractivity contribution is 5.78. The number of nitrogen functional groups attached to an aromatic ring is 1. The first-order valence-corrected chi connectivity index (χ1v) is 8.04. The van der Waals surface area contributed by atoms with Crippen molar-refractivity contribution in [3.05, 3.63) is 66.8 Å². The lowest BCUT2D eigenvalue weighted by molar-refractivity contribution is 0.629. The van der Waals surface area contributed by atoms with Gasteiger partial charge in [0.25, 0.3) is 0 Å². The first-order chi connectivity index (χ1) is 12.6. The summed E-state index contributed by atoms with van der Waals surface area (Å²) in [5, 5.41) is 3.26. The number of nitrogens with zero attached hydrogens (tertiary/aromatic N) is 5. The highest BCUT2D eigenvalue weighted by atomic mass is 19.1. The predicted molar refractivity (Wildman–Crippen MR) is 97.3 cm³/mol. The van der Waals surface area contributed by atoms with Crippen molar-refractivity contribution < 1.29 is 4.39 Å². The molecule has 0 amide bonds. The van der Waals surface area contributed by atoms with Gasteiger partial charge in [-0.1, -0.05) is 0 Å². The zero-order valence-corrected chi connectivity index (χ0v) is 14.0. The van der Waals surface area contributed by atoms with Crippen LogP contribution in [0.5, 0.6) is 0 Å². The molecule has 4 aromatic rings. The third-order valence-electron chi connectivity index (χ3n) is 4.00. The van der Waals surface area contributed by atoms with Gasteiger partial charge in [-0.15, -0.1) is 0 Å². The number of pyridine rings is 1. The minimum absolute atomic E-state index is 0.215. The number of benzene rings is 1. The summed E-state index contributed by atoms with van der Waals surface area (Å²) in [5.74, 6) is 1.36. The van der Waals surface area contributed by atoms with Gasteiger partial charge in [0.2, 0.25) is 0 Å². The van der Waals surface area contributed by atoms with Crippen LogP contribution in [0.3, 0.4) is 0 Å². The first kappa shape index (κ1) is 15.9. The second-order valence-corrected chi connectivity index (χ2v) is 5.84. The van der Waals surface area contributed by atoms with Gasteiger partial charge in [-0.2, -0.15) is 0 Å². The Morgan fingerprint density at radius 3 is 2.69 bits per heavy atom. The van der Waals surface area contributed by atoms with E-state index in [1.807, 2.05) is 23.6 Å². The van der Waals surface area contributed by atoms with Gasteiger partial charge in [-0.05, 0) is 31.2 Å². The molecule has 130 valence electrons. The highest BCUT2D eigenvalue weighted by Crippen LogP contribution is 2.27. The molecule has 8 heteroatoms. The summed E-state index contributed by atoms with van der Waals surface area (Å²) in [6, 6.07) is 9.68. The Balaban J connectivity index is 1.83. The molecule has 7 nitrogen and oxygen atoms in total. The molecule has 0 saturated carbocycles. The molecule has 0 spiro atoms. The van der Waals surface area contributed by atoms with Gasteiger partial charge in [0.1, 0.15) is 29.6 Å². The number of rotatable bonds is 4. The molecule has 3 aromatic heterocycles. The van der Waals surface area contributed by atoms with Crippen LogP contribution in [0.15, 0.2) is 55.1 Å². The summed E-state index contributed by atoms with van der Waals surface area (Å²) in [7, 11) is 0. The quantitative estimate of drug-likeness (QED) is 0.588. The van der Waals surface area contributed by atoms with Crippen LogP contribution in [0.25, 0.3) is 16.7 Å². The van der Waals surface area contributed by atoms with E-state index >= 15 is 0 Å². The lowest BCUT2D eigenvalue weighted by atomic mass is 10.2. The van der Waals surface area contributed by atoms with Crippen molar-refractivity contribution in [3.63, 3.8) is 0 Å². The van der Waals surface area contributed by atoms with E-state index in [4.69, 9.17) is 5.73 Å². The molecular weight excluding hydrogens is 333 g/mol. The summed E-state index contributed by atoms with van der Waals surface area (Å²) in [5.41, 5.74) is 7.94. The number of hydrogen-bond acceptors (Lipinski definition) is 6. The van der Waals surface area contributed by atoms with Crippen molar-refractivity contribution in [2.45, 2.75) is 13.0 Å². The lowest BCUT2D eigenvalue weighted by Crippen LogP contribution is -2.14. The van der Waals surface area contributed by atoms with E-state index in [-0.39, 0.29) is 11.9 Å². The second-order valence-electron chi connectivity index (χ2n) is 5.84. The Hall–Kier alpha value is -3.55. The molecule has 4 rings (SSSR count). The van der Waals surface area contributed by atoms with Crippen LogP contribution in [0.4, 0.5) is 16.0 Å². The molecule has 0 bridgehead atoms. The summed E-state index contributed by atoms with van der Waals surface area (Å²) in [6.07, 6.45) is 4.77. The Morgan fingerprint density at radius 1 is 1.12 bits per heavy atom. The summed E-state index contributed by atoms with van der Waals surface area (Å²) >= 11 is 0. The zero-order valence-electron chi connectivity index (χ0n) is 14.0. The average Bonchev–Trinajstić information content (AvgIpc) is 3.01. The van der Waals surface area contributed by atoms with Crippen LogP contribution >= 0.6 is 0 Å². The number of halogens is 1. The van der Waals surface area contributed by atoms with Gasteiger partial charge in [0, 0.05) is 24.5 Å². The maximum Gasteiger partial charge on any atom is 0.136 e. The smallest absolute Gasteiger partial charge is 0.136 e. The van der Waals surface area contributed by atoms with Crippen molar-refractivity contribution in [2.75, 3.05) is 11.1 Å². The monoisotopic (exact) mass is 349 g/mol. The fourth-order valence-corrected chi connectivity index (χ4v) is 2.86. The van der Waals surface area contributed by atoms with Gasteiger partial charge in [0.05, 0.1) is 22.8 Å². The maximum atomic E-state index is 13.8. The standard InChI is InChI=1S/C18H16FN7/c1-11(24-17-9-16(20)22-10-23-17)18-25-14-3-2-12(19)8-15(14)26(18)13-4-6-21-7-5-13/h2-11H,1H3,(H3,20,22,23,24)/t11-/m0/s1. The van der Waals surface area contributed by atoms with Crippen LogP contribution in [0.1, 0.15) is 18.8 Å². The van der Waals surface area contributed by atoms with Crippen molar-refractivity contribution >= 4 is 22.7 Å². The van der Waals surface area contributed by atoms with Crippen molar-refractivity contribution in [1.29, 1.82) is 0 Å². The van der Waals surface area contributed by atoms with Crippen molar-refractivity contribution in [3.8, 4) is 5.69 Å². The number of fused-ring (bicyclic) bond motifs is 1. The Labute approximate surface area is 148 Å². The largest absolute Gasteiger partial charge is 0.384 e. The molecule has 0 saturated heterocycles. The van der Waals surface area contributed by atoms with Crippen molar-refractivity contribution in [2.24, 2.45) is 0 Å². The molecule has 0 radical (unpaired) electrons. The minimum atomic E-state index is -0.316. The van der Waals surface area contributed by atoms with Gasteiger partial charge in [-0.3, -0.25) is 9.55 Å². The number of hydrogen-bond donors (Lipinski definition) is 2. The van der Waals surface area contributed by atoms with Gasteiger partial charge >= 0.3 is 0 Å². The Bertz CT molecular complexity index is 1060. The maximum absolute atomic E-state index is 13.8. The van der Waals surface area contributed by atoms with E-state index in [2.05, 4.69) is 25.3 Å². The minimum Gasteiger partial charge on any atom is -0.384 e. The zero-order chi connectivity index (χ0) is 18.1. The number of aromatic nitrogens is 5. The van der Waals surface area contributed by atoms with Crippen LogP contribution in [0, 0.1) is 5.82 Å². The lowest BCUT2D eigenvalue weighted by Gasteiger charge is -2.16. The molecule has 3 N–H and O–H groups in total. The predicted octanol–water partition coefficient (Wildman–Crippen LogP) is 3.10. The third-order valence-corrected chi connectivity index (χ3v) is 4.00. The van der Waals surface area contributed by atoms with Crippen LogP contribution < -0.4 is 11.1 Å². The average molecular weight is 349 g/mol. The molecule has 0 unspecified atom stereocenters. The van der Waals surface area contributed by atoms with Crippen LogP contribution in [-0.4, -0.2) is 24.5 Å². The Kier molecular flexibility index (Phi) is 3.92. The number of imidazole rings is 1. The molecule has 1 atom stereocenters. The normalized spacial score (nSPS) is 12.2. The topological polar surface area (TPSA) is 94.5 Å². The number of nitrogens with two attached hydrogens (primary N) is 1. The van der Waals surface area contributed by atoms with E-state index in [1.165, 1.54) is 18.5 Å². The fourth-order valence-electron chi connectivity index (χ4n) is 2.86. The summed E-state index contributed by atoms with van der Waals surface area (Å²) < 4.78 is 15.7. The highest BCUT2D eigenvalue weighted by Gasteiger charge is 2.19. The van der Waals surface area contributed by atoms with Gasteiger partial charge < -0.3 is 11.1 Å². The second kappa shape index (κ2) is 6.40. The third kappa shape index (κ3) is 2.92. The summed E-state index contributed by atoms with van der Waals surface area (Å²) in [6.45, 7) is 1.95. The van der Waals surface area contributed by atoms with E-state index in [0.29, 0.717) is 28.5 Å². The molecule has 3 heterocycles. The van der Waals surface area contributed by atoms with Gasteiger partial charge in [0.15, 0.2) is 0 Å². The summed E-state index contributed by atoms with van der Waals surface area (Å²) in [4.78, 5) is 16.8. The fraction of sp³-hybridized carbons (Fsp3) is 0.111. The van der Waals surface area contributed by atoms with Crippen LogP contribution in [0.2, 0.25) is 0 Å². The number of nitrogens with one attached hydrogen (secondary N) is 1. The molecule has 0 aliphatic rings. The van der Waals surface area contributed by atoms with E-state index in [0.717, 1.165) is 5.69 Å². The van der Waals surface area contributed by atoms with Crippen molar-refractivity contribution in [1.82, 2.24) is 24.5 Å². The molecule has 0 aliphatic heterocycles. The molecular formula is C18H16FN7. The molecule has 26 heavy (non-hydrogen) atoms. The first-order valence-electron chi connectivity index (χ1n) is 8.04. The van der Waals surface area contributed by atoms with E-state index < -0.39 is 0 Å². The van der Waals surface area contributed by atoms with E-state index in [9.17, 15) is 4.39 Å². The molecule has 0 fully saturated rings. The SMILES string of the molecule is C[C@H](Nc1cc(N)ncn1)c1nc2ccc(F)cc2n1-c1ccncc1. The Morgan fingerprint density at radius 2 is 1.92 bits per heavy atom. The van der Waals surface area contributed by atoms with Gasteiger partial charge in [-0.25, -0.2) is 19.3 Å². The number of anilines is 2. The molecule has 0 aliphatic carbocycles. The van der Waals surface area contributed by atoms with E-state index in [1.54, 1.807) is 24.5 Å². The van der Waals surface area contributed by atoms with Crippen LogP contribution in [-0.2, 0) is 0 Å².